The summed E-state index contributed by atoms with van der Waals surface area (Å²) in [5, 5.41) is 0. The number of piperazine rings is 1. The van der Waals surface area contributed by atoms with Crippen LogP contribution >= 0.6 is 0 Å². The van der Waals surface area contributed by atoms with Crippen molar-refractivity contribution >= 4 is 5.97 Å². The van der Waals surface area contributed by atoms with Gasteiger partial charge in [-0.05, 0) is 25.0 Å². The molecule has 1 saturated heterocycles. The van der Waals surface area contributed by atoms with Gasteiger partial charge in [0.05, 0.1) is 18.4 Å². The predicted molar refractivity (Wildman–Crippen MR) is 75.4 cm³/mol. The van der Waals surface area contributed by atoms with Crippen LogP contribution in [0.5, 0.6) is 0 Å². The Morgan fingerprint density at radius 2 is 2.05 bits per heavy atom. The first-order chi connectivity index (χ1) is 9.76. The van der Waals surface area contributed by atoms with E-state index >= 15 is 0 Å². The molecule has 20 heavy (non-hydrogen) atoms. The Kier molecular flexibility index (Phi) is 3.98. The molecule has 1 saturated carbocycles. The van der Waals surface area contributed by atoms with Crippen molar-refractivity contribution in [2.24, 2.45) is 0 Å². The van der Waals surface area contributed by atoms with Gasteiger partial charge in [-0.25, -0.2) is 4.79 Å². The first-order valence-corrected chi connectivity index (χ1v) is 7.26. The fourth-order valence-corrected chi connectivity index (χ4v) is 2.71. The number of pyridine rings is 1. The molecule has 5 nitrogen and oxygen atoms in total. The van der Waals surface area contributed by atoms with Crippen LogP contribution in [0.25, 0.3) is 0 Å². The molecule has 0 atom stereocenters. The molecular formula is C15H21N3O2. The predicted octanol–water partition coefficient (Wildman–Crippen LogP) is 1.15. The normalized spacial score (nSPS) is 20.9. The SMILES string of the molecule is COC(=O)c1ccc(CN2CCN(C3CC3)CC2)nc1. The minimum Gasteiger partial charge on any atom is -0.465 e. The number of hydrogen-bond donors (Lipinski definition) is 0. The van der Waals surface area contributed by atoms with Crippen LogP contribution in [0.1, 0.15) is 28.9 Å². The second kappa shape index (κ2) is 5.89. The molecule has 2 aliphatic rings. The number of carbonyl (C=O) groups excluding carboxylic acids is 1. The van der Waals surface area contributed by atoms with Crippen LogP contribution in [0.3, 0.4) is 0 Å². The third-order valence-corrected chi connectivity index (χ3v) is 4.10. The molecule has 2 heterocycles. The molecule has 0 amide bonds. The Bertz CT molecular complexity index is 463. The minimum atomic E-state index is -0.331. The Hall–Kier alpha value is -1.46. The van der Waals surface area contributed by atoms with Crippen molar-refractivity contribution in [2.75, 3.05) is 33.3 Å². The van der Waals surface area contributed by atoms with Crippen LogP contribution in [0.15, 0.2) is 18.3 Å². The van der Waals surface area contributed by atoms with Gasteiger partial charge < -0.3 is 4.74 Å². The van der Waals surface area contributed by atoms with Gasteiger partial charge in [0.15, 0.2) is 0 Å². The lowest BCUT2D eigenvalue weighted by Gasteiger charge is -2.34. The zero-order chi connectivity index (χ0) is 13.9. The van der Waals surface area contributed by atoms with E-state index in [1.807, 2.05) is 6.07 Å². The van der Waals surface area contributed by atoms with Crippen LogP contribution in [-0.2, 0) is 11.3 Å². The Morgan fingerprint density at radius 1 is 1.30 bits per heavy atom. The number of ether oxygens (including phenoxy) is 1. The fraction of sp³-hybridized carbons (Fsp3) is 0.600. The van der Waals surface area contributed by atoms with E-state index < -0.39 is 0 Å². The highest BCUT2D eigenvalue weighted by molar-refractivity contribution is 5.88. The third-order valence-electron chi connectivity index (χ3n) is 4.10. The Morgan fingerprint density at radius 3 is 2.60 bits per heavy atom. The smallest absolute Gasteiger partial charge is 0.339 e. The molecule has 108 valence electrons. The van der Waals surface area contributed by atoms with Crippen LogP contribution in [0, 0.1) is 0 Å². The maximum Gasteiger partial charge on any atom is 0.339 e. The molecule has 3 rings (SSSR count). The van der Waals surface area contributed by atoms with Gasteiger partial charge in [0.25, 0.3) is 0 Å². The van der Waals surface area contributed by atoms with E-state index in [0.717, 1.165) is 31.4 Å². The van der Waals surface area contributed by atoms with Crippen LogP contribution < -0.4 is 0 Å². The standard InChI is InChI=1S/C15H21N3O2/c1-20-15(19)12-2-3-13(16-10-12)11-17-6-8-18(9-7-17)14-4-5-14/h2-3,10,14H,4-9,11H2,1H3. The highest BCUT2D eigenvalue weighted by atomic mass is 16.5. The molecule has 1 aliphatic carbocycles. The first kappa shape index (κ1) is 13.5. The molecule has 0 unspecified atom stereocenters. The van der Waals surface area contributed by atoms with Crippen molar-refractivity contribution in [1.29, 1.82) is 0 Å². The fourth-order valence-electron chi connectivity index (χ4n) is 2.71. The number of rotatable bonds is 4. The van der Waals surface area contributed by atoms with Crippen molar-refractivity contribution in [3.8, 4) is 0 Å². The highest BCUT2D eigenvalue weighted by Crippen LogP contribution is 2.27. The number of hydrogen-bond acceptors (Lipinski definition) is 5. The summed E-state index contributed by atoms with van der Waals surface area (Å²) in [6.45, 7) is 5.42. The highest BCUT2D eigenvalue weighted by Gasteiger charge is 2.31. The van der Waals surface area contributed by atoms with E-state index in [-0.39, 0.29) is 5.97 Å². The average Bonchev–Trinajstić information content (AvgIpc) is 3.33. The summed E-state index contributed by atoms with van der Waals surface area (Å²) in [7, 11) is 1.38. The second-order valence-electron chi connectivity index (χ2n) is 5.57. The summed E-state index contributed by atoms with van der Waals surface area (Å²) >= 11 is 0. The van der Waals surface area contributed by atoms with Gasteiger partial charge in [-0.3, -0.25) is 14.8 Å². The summed E-state index contributed by atoms with van der Waals surface area (Å²) in [5.74, 6) is -0.331. The van der Waals surface area contributed by atoms with E-state index in [4.69, 9.17) is 0 Å². The monoisotopic (exact) mass is 275 g/mol. The van der Waals surface area contributed by atoms with Crippen LogP contribution in [-0.4, -0.2) is 60.1 Å². The quantitative estimate of drug-likeness (QED) is 0.771. The maximum absolute atomic E-state index is 11.3. The van der Waals surface area contributed by atoms with E-state index in [1.165, 1.54) is 33.0 Å². The van der Waals surface area contributed by atoms with Gasteiger partial charge in [0.2, 0.25) is 0 Å². The van der Waals surface area contributed by atoms with Gasteiger partial charge in [-0.2, -0.15) is 0 Å². The molecule has 5 heteroatoms. The lowest BCUT2D eigenvalue weighted by molar-refractivity contribution is 0.0600. The molecule has 1 aromatic rings. The van der Waals surface area contributed by atoms with Crippen molar-refractivity contribution in [3.63, 3.8) is 0 Å². The van der Waals surface area contributed by atoms with Gasteiger partial charge in [0.1, 0.15) is 0 Å². The van der Waals surface area contributed by atoms with Gasteiger partial charge in [-0.1, -0.05) is 0 Å². The summed E-state index contributed by atoms with van der Waals surface area (Å²) in [5.41, 5.74) is 1.52. The molecule has 1 aliphatic heterocycles. The Balaban J connectivity index is 1.51. The van der Waals surface area contributed by atoms with Crippen molar-refractivity contribution in [2.45, 2.75) is 25.4 Å². The second-order valence-corrected chi connectivity index (χ2v) is 5.57. The molecule has 0 N–H and O–H groups in total. The lowest BCUT2D eigenvalue weighted by Crippen LogP contribution is -2.46. The summed E-state index contributed by atoms with van der Waals surface area (Å²) in [6, 6.07) is 4.57. The van der Waals surface area contributed by atoms with Crippen LogP contribution in [0.2, 0.25) is 0 Å². The maximum atomic E-state index is 11.3. The molecule has 0 bridgehead atoms. The number of methoxy groups -OCH3 is 1. The lowest BCUT2D eigenvalue weighted by atomic mass is 10.2. The zero-order valence-corrected chi connectivity index (χ0v) is 11.9. The molecule has 0 spiro atoms. The van der Waals surface area contributed by atoms with Crippen molar-refractivity contribution < 1.29 is 9.53 Å². The van der Waals surface area contributed by atoms with Gasteiger partial charge in [-0.15, -0.1) is 0 Å². The van der Waals surface area contributed by atoms with Crippen LogP contribution in [0.4, 0.5) is 0 Å². The number of nitrogens with zero attached hydrogens (tertiary/aromatic N) is 3. The minimum absolute atomic E-state index is 0.331. The van der Waals surface area contributed by atoms with E-state index in [9.17, 15) is 4.79 Å². The third kappa shape index (κ3) is 3.16. The topological polar surface area (TPSA) is 45.7 Å². The number of esters is 1. The van der Waals surface area contributed by atoms with Crippen molar-refractivity contribution in [1.82, 2.24) is 14.8 Å². The largest absolute Gasteiger partial charge is 0.465 e. The van der Waals surface area contributed by atoms with E-state index in [0.29, 0.717) is 5.56 Å². The van der Waals surface area contributed by atoms with E-state index in [1.54, 1.807) is 12.3 Å². The Labute approximate surface area is 119 Å². The summed E-state index contributed by atoms with van der Waals surface area (Å²) in [6.07, 6.45) is 4.37. The molecule has 1 aromatic heterocycles. The van der Waals surface area contributed by atoms with E-state index in [2.05, 4.69) is 19.5 Å². The first-order valence-electron chi connectivity index (χ1n) is 7.26. The molecule has 2 fully saturated rings. The molecular weight excluding hydrogens is 254 g/mol. The average molecular weight is 275 g/mol. The summed E-state index contributed by atoms with van der Waals surface area (Å²) in [4.78, 5) is 20.7. The zero-order valence-electron chi connectivity index (χ0n) is 11.9. The number of carbonyl (C=O) groups is 1. The van der Waals surface area contributed by atoms with Crippen molar-refractivity contribution in [3.05, 3.63) is 29.6 Å². The van der Waals surface area contributed by atoms with Gasteiger partial charge >= 0.3 is 5.97 Å². The summed E-state index contributed by atoms with van der Waals surface area (Å²) < 4.78 is 4.67. The molecule has 0 aromatic carbocycles. The number of aromatic nitrogens is 1. The molecule has 0 radical (unpaired) electrons. The van der Waals surface area contributed by atoms with Gasteiger partial charge in [0, 0.05) is 45.0 Å².